The molecular formula is C16H23ClN2. The van der Waals surface area contributed by atoms with Gasteiger partial charge in [0.15, 0.2) is 0 Å². The first kappa shape index (κ1) is 14.6. The number of piperidine rings is 1. The third kappa shape index (κ3) is 4.98. The Morgan fingerprint density at radius 3 is 2.95 bits per heavy atom. The molecule has 104 valence electrons. The van der Waals surface area contributed by atoms with E-state index in [0.29, 0.717) is 6.04 Å². The summed E-state index contributed by atoms with van der Waals surface area (Å²) >= 11 is 5.69. The molecule has 1 fully saturated rings. The summed E-state index contributed by atoms with van der Waals surface area (Å²) in [5.41, 5.74) is 4.26. The van der Waals surface area contributed by atoms with Gasteiger partial charge in [-0.15, -0.1) is 0 Å². The lowest BCUT2D eigenvalue weighted by Crippen LogP contribution is -2.45. The summed E-state index contributed by atoms with van der Waals surface area (Å²) < 4.78 is 0. The molecule has 19 heavy (non-hydrogen) atoms. The lowest BCUT2D eigenvalue weighted by Gasteiger charge is -2.33. The summed E-state index contributed by atoms with van der Waals surface area (Å²) in [6.45, 7) is 6.35. The zero-order valence-electron chi connectivity index (χ0n) is 11.6. The summed E-state index contributed by atoms with van der Waals surface area (Å²) in [5, 5.41) is 3.59. The van der Waals surface area contributed by atoms with Crippen molar-refractivity contribution < 1.29 is 0 Å². The molecule has 1 heterocycles. The van der Waals surface area contributed by atoms with Crippen LogP contribution in [0.25, 0.3) is 0 Å². The second kappa shape index (κ2) is 7.68. The molecule has 3 heteroatoms. The Labute approximate surface area is 121 Å². The van der Waals surface area contributed by atoms with E-state index < -0.39 is 0 Å². The van der Waals surface area contributed by atoms with E-state index >= 15 is 0 Å². The Morgan fingerprint density at radius 2 is 2.21 bits per heavy atom. The predicted molar refractivity (Wildman–Crippen MR) is 82.4 cm³/mol. The molecule has 1 aliphatic heterocycles. The molecule has 2 rings (SSSR count). The molecule has 1 N–H and O–H groups in total. The van der Waals surface area contributed by atoms with Crippen LogP contribution in [0.4, 0.5) is 0 Å². The van der Waals surface area contributed by atoms with Crippen molar-refractivity contribution in [1.82, 2.24) is 10.2 Å². The summed E-state index contributed by atoms with van der Waals surface area (Å²) in [6, 6.07) is 11.3. The Bertz CT molecular complexity index is 402. The zero-order valence-corrected chi connectivity index (χ0v) is 12.4. The average molecular weight is 279 g/mol. The van der Waals surface area contributed by atoms with Gasteiger partial charge in [0.25, 0.3) is 0 Å². The number of hydrogen-bond donors (Lipinski definition) is 1. The highest BCUT2D eigenvalue weighted by Crippen LogP contribution is 2.14. The van der Waals surface area contributed by atoms with Crippen molar-refractivity contribution in [2.24, 2.45) is 0 Å². The molecule has 1 atom stereocenters. The van der Waals surface area contributed by atoms with Crippen LogP contribution in [0.3, 0.4) is 0 Å². The molecule has 1 aliphatic rings. The lowest BCUT2D eigenvalue weighted by molar-refractivity contribution is 0.185. The van der Waals surface area contributed by atoms with Crippen LogP contribution in [0.2, 0.25) is 0 Å². The Hall–Kier alpha value is -0.830. The molecule has 1 saturated heterocycles. The molecule has 0 saturated carbocycles. The highest BCUT2D eigenvalue weighted by atomic mass is 35.5. The molecule has 1 aromatic rings. The SMILES string of the molecule is C/C(=C/Cl)CNC1CCCN(Cc2ccccc2)C1. The monoisotopic (exact) mass is 278 g/mol. The van der Waals surface area contributed by atoms with Crippen molar-refractivity contribution in [2.45, 2.75) is 32.4 Å². The first-order valence-electron chi connectivity index (χ1n) is 7.03. The number of rotatable bonds is 5. The van der Waals surface area contributed by atoms with E-state index in [1.54, 1.807) is 5.54 Å². The minimum atomic E-state index is 0.587. The summed E-state index contributed by atoms with van der Waals surface area (Å²) in [4.78, 5) is 2.54. The van der Waals surface area contributed by atoms with Crippen molar-refractivity contribution >= 4 is 11.6 Å². The van der Waals surface area contributed by atoms with Crippen molar-refractivity contribution in [1.29, 1.82) is 0 Å². The average Bonchev–Trinajstić information content (AvgIpc) is 2.46. The van der Waals surface area contributed by atoms with Gasteiger partial charge < -0.3 is 5.32 Å². The van der Waals surface area contributed by atoms with Gasteiger partial charge in [0.1, 0.15) is 0 Å². The maximum absolute atomic E-state index is 5.69. The van der Waals surface area contributed by atoms with Crippen molar-refractivity contribution in [3.05, 3.63) is 47.0 Å². The molecule has 1 aromatic carbocycles. The smallest absolute Gasteiger partial charge is 0.0234 e. The van der Waals surface area contributed by atoms with Gasteiger partial charge in [0, 0.05) is 31.2 Å². The van der Waals surface area contributed by atoms with Crippen LogP contribution >= 0.6 is 11.6 Å². The van der Waals surface area contributed by atoms with Crippen LogP contribution in [0.5, 0.6) is 0 Å². The maximum Gasteiger partial charge on any atom is 0.0234 e. The number of halogens is 1. The second-order valence-electron chi connectivity index (χ2n) is 5.40. The molecule has 0 spiro atoms. The fourth-order valence-electron chi connectivity index (χ4n) is 2.55. The molecular weight excluding hydrogens is 256 g/mol. The van der Waals surface area contributed by atoms with Crippen molar-refractivity contribution in [3.63, 3.8) is 0 Å². The van der Waals surface area contributed by atoms with Gasteiger partial charge >= 0.3 is 0 Å². The normalized spacial score (nSPS) is 21.6. The zero-order chi connectivity index (χ0) is 13.5. The Kier molecular flexibility index (Phi) is 5.90. The largest absolute Gasteiger partial charge is 0.309 e. The van der Waals surface area contributed by atoms with Crippen LogP contribution in [-0.4, -0.2) is 30.6 Å². The number of benzene rings is 1. The van der Waals surface area contributed by atoms with E-state index in [1.807, 2.05) is 0 Å². The quantitative estimate of drug-likeness (QED) is 0.888. The van der Waals surface area contributed by atoms with E-state index in [4.69, 9.17) is 11.6 Å². The van der Waals surface area contributed by atoms with E-state index in [1.165, 1.54) is 30.5 Å². The van der Waals surface area contributed by atoms with Crippen LogP contribution in [0.15, 0.2) is 41.4 Å². The molecule has 0 radical (unpaired) electrons. The third-order valence-corrected chi connectivity index (χ3v) is 3.98. The fourth-order valence-corrected chi connectivity index (χ4v) is 2.63. The molecule has 0 aromatic heterocycles. The molecule has 0 aliphatic carbocycles. The maximum atomic E-state index is 5.69. The van der Waals surface area contributed by atoms with Gasteiger partial charge in [-0.2, -0.15) is 0 Å². The minimum absolute atomic E-state index is 0.587. The van der Waals surface area contributed by atoms with Gasteiger partial charge in [-0.05, 0) is 37.4 Å². The topological polar surface area (TPSA) is 15.3 Å². The van der Waals surface area contributed by atoms with E-state index in [9.17, 15) is 0 Å². The van der Waals surface area contributed by atoms with Crippen LogP contribution in [0.1, 0.15) is 25.3 Å². The fraction of sp³-hybridized carbons (Fsp3) is 0.500. The Balaban J connectivity index is 1.80. The predicted octanol–water partition coefficient (Wildman–Crippen LogP) is 3.38. The molecule has 1 unspecified atom stereocenters. The Morgan fingerprint density at radius 1 is 1.42 bits per heavy atom. The van der Waals surface area contributed by atoms with Gasteiger partial charge in [-0.3, -0.25) is 4.90 Å². The first-order valence-corrected chi connectivity index (χ1v) is 7.47. The highest BCUT2D eigenvalue weighted by molar-refractivity contribution is 6.25. The summed E-state index contributed by atoms with van der Waals surface area (Å²) in [7, 11) is 0. The van der Waals surface area contributed by atoms with Crippen molar-refractivity contribution in [3.8, 4) is 0 Å². The highest BCUT2D eigenvalue weighted by Gasteiger charge is 2.19. The van der Waals surface area contributed by atoms with E-state index in [-0.39, 0.29) is 0 Å². The first-order chi connectivity index (χ1) is 9.28. The van der Waals surface area contributed by atoms with Crippen molar-refractivity contribution in [2.75, 3.05) is 19.6 Å². The van der Waals surface area contributed by atoms with E-state index in [0.717, 1.165) is 19.6 Å². The van der Waals surface area contributed by atoms with Crippen LogP contribution < -0.4 is 5.32 Å². The van der Waals surface area contributed by atoms with Gasteiger partial charge in [-0.25, -0.2) is 0 Å². The second-order valence-corrected chi connectivity index (χ2v) is 5.61. The van der Waals surface area contributed by atoms with Gasteiger partial charge in [-0.1, -0.05) is 41.9 Å². The third-order valence-electron chi connectivity index (χ3n) is 3.61. The number of nitrogens with one attached hydrogen (secondary N) is 1. The molecule has 0 bridgehead atoms. The van der Waals surface area contributed by atoms with E-state index in [2.05, 4.69) is 47.5 Å². The lowest BCUT2D eigenvalue weighted by atomic mass is 10.0. The van der Waals surface area contributed by atoms with Crippen LogP contribution in [0, 0.1) is 0 Å². The standard InChI is InChI=1S/C16H23ClN2/c1-14(10-17)11-18-16-8-5-9-19(13-16)12-15-6-3-2-4-7-15/h2-4,6-7,10,16,18H,5,8-9,11-13H2,1H3/b14-10-. The van der Waals surface area contributed by atoms with Gasteiger partial charge in [0.05, 0.1) is 0 Å². The number of likely N-dealkylation sites (tertiary alicyclic amines) is 1. The molecule has 2 nitrogen and oxygen atoms in total. The number of nitrogens with zero attached hydrogens (tertiary/aromatic N) is 1. The minimum Gasteiger partial charge on any atom is -0.309 e. The summed E-state index contributed by atoms with van der Waals surface area (Å²) in [5.74, 6) is 0. The molecule has 0 amide bonds. The van der Waals surface area contributed by atoms with Crippen LogP contribution in [-0.2, 0) is 6.54 Å². The number of hydrogen-bond acceptors (Lipinski definition) is 2. The summed E-state index contributed by atoms with van der Waals surface area (Å²) in [6.07, 6.45) is 2.54. The van der Waals surface area contributed by atoms with Gasteiger partial charge in [0.2, 0.25) is 0 Å².